The number of carbonyl (C=O) groups is 3. The number of fused-ring (bicyclic) bond motifs is 1. The normalized spacial score (nSPS) is 26.1. The van der Waals surface area contributed by atoms with Crippen molar-refractivity contribution < 1.29 is 14.4 Å². The highest BCUT2D eigenvalue weighted by Crippen LogP contribution is 2.24. The van der Waals surface area contributed by atoms with Gasteiger partial charge in [-0.25, -0.2) is 4.79 Å². The van der Waals surface area contributed by atoms with Gasteiger partial charge >= 0.3 is 6.03 Å². The van der Waals surface area contributed by atoms with Crippen molar-refractivity contribution >= 4 is 17.8 Å². The van der Waals surface area contributed by atoms with Gasteiger partial charge in [-0.15, -0.1) is 0 Å². The molecule has 20 heavy (non-hydrogen) atoms. The Balaban J connectivity index is 2.01. The number of rotatable bonds is 4. The molecule has 2 aliphatic heterocycles. The van der Waals surface area contributed by atoms with Gasteiger partial charge in [-0.1, -0.05) is 6.92 Å². The zero-order chi connectivity index (χ0) is 14.9. The molecular weight excluding hydrogens is 260 g/mol. The van der Waals surface area contributed by atoms with Gasteiger partial charge < -0.3 is 20.0 Å². The summed E-state index contributed by atoms with van der Waals surface area (Å²) < 4.78 is 0. The van der Waals surface area contributed by atoms with E-state index in [9.17, 15) is 14.4 Å². The van der Waals surface area contributed by atoms with E-state index in [1.165, 1.54) is 4.90 Å². The summed E-state index contributed by atoms with van der Waals surface area (Å²) in [6.07, 6.45) is 0.866. The van der Waals surface area contributed by atoms with Crippen molar-refractivity contribution in [3.63, 3.8) is 0 Å². The van der Waals surface area contributed by atoms with Crippen molar-refractivity contribution in [2.45, 2.75) is 32.4 Å². The predicted molar refractivity (Wildman–Crippen MR) is 73.0 cm³/mol. The van der Waals surface area contributed by atoms with Crippen LogP contribution in [0.25, 0.3) is 0 Å². The summed E-state index contributed by atoms with van der Waals surface area (Å²) in [5, 5.41) is 2.76. The fraction of sp³-hybridized carbons (Fsp3) is 0.769. The molecule has 2 rings (SSSR count). The first-order valence-electron chi connectivity index (χ1n) is 7.04. The van der Waals surface area contributed by atoms with Crippen LogP contribution >= 0.6 is 0 Å². The Morgan fingerprint density at radius 1 is 1.35 bits per heavy atom. The highest BCUT2D eigenvalue weighted by molar-refractivity contribution is 5.91. The van der Waals surface area contributed by atoms with E-state index in [1.807, 2.05) is 6.92 Å². The molecule has 1 N–H and O–H groups in total. The van der Waals surface area contributed by atoms with Gasteiger partial charge in [-0.2, -0.15) is 0 Å². The van der Waals surface area contributed by atoms with E-state index in [0.29, 0.717) is 19.6 Å². The molecule has 0 spiro atoms. The van der Waals surface area contributed by atoms with E-state index >= 15 is 0 Å². The lowest BCUT2D eigenvalue weighted by Gasteiger charge is -2.38. The Morgan fingerprint density at radius 2 is 2.05 bits per heavy atom. The van der Waals surface area contributed by atoms with Crippen molar-refractivity contribution in [2.75, 3.05) is 33.2 Å². The second-order valence-corrected chi connectivity index (χ2v) is 5.47. The molecule has 0 aromatic rings. The molecule has 0 aromatic heterocycles. The number of hydrogen-bond acceptors (Lipinski definition) is 3. The Kier molecular flexibility index (Phi) is 4.15. The number of urea groups is 1. The van der Waals surface area contributed by atoms with Crippen LogP contribution in [0.1, 0.15) is 20.3 Å². The molecule has 2 atom stereocenters. The summed E-state index contributed by atoms with van der Waals surface area (Å²) in [4.78, 5) is 40.7. The molecule has 0 bridgehead atoms. The van der Waals surface area contributed by atoms with Gasteiger partial charge in [0.15, 0.2) is 0 Å². The third-order valence-corrected chi connectivity index (χ3v) is 3.86. The maximum atomic E-state index is 12.3. The molecule has 0 saturated carbocycles. The molecule has 112 valence electrons. The fourth-order valence-electron chi connectivity index (χ4n) is 2.84. The number of carbonyl (C=O) groups excluding carboxylic acids is 3. The Hall–Kier alpha value is -1.79. The topological polar surface area (TPSA) is 73.0 Å². The molecule has 7 nitrogen and oxygen atoms in total. The summed E-state index contributed by atoms with van der Waals surface area (Å²) in [5.74, 6) is -0.195. The van der Waals surface area contributed by atoms with Crippen molar-refractivity contribution in [1.29, 1.82) is 0 Å². The number of piperazine rings is 1. The molecule has 2 saturated heterocycles. The van der Waals surface area contributed by atoms with Crippen LogP contribution in [-0.4, -0.2) is 77.9 Å². The van der Waals surface area contributed by atoms with E-state index in [2.05, 4.69) is 5.32 Å². The second-order valence-electron chi connectivity index (χ2n) is 5.47. The smallest absolute Gasteiger partial charge is 0.321 e. The van der Waals surface area contributed by atoms with Crippen LogP contribution in [0, 0.1) is 0 Å². The van der Waals surface area contributed by atoms with Crippen LogP contribution in [0.3, 0.4) is 0 Å². The molecule has 7 heteroatoms. The van der Waals surface area contributed by atoms with Gasteiger partial charge in [0.05, 0.1) is 6.04 Å². The average molecular weight is 282 g/mol. The molecule has 2 aliphatic rings. The van der Waals surface area contributed by atoms with E-state index < -0.39 is 6.04 Å². The van der Waals surface area contributed by atoms with Crippen molar-refractivity contribution in [3.8, 4) is 0 Å². The minimum Gasteiger partial charge on any atom is -0.355 e. The maximum absolute atomic E-state index is 12.3. The van der Waals surface area contributed by atoms with Crippen LogP contribution in [0.4, 0.5) is 4.79 Å². The van der Waals surface area contributed by atoms with Crippen LogP contribution in [0.2, 0.25) is 0 Å². The molecule has 0 aromatic carbocycles. The van der Waals surface area contributed by atoms with Crippen LogP contribution in [0.5, 0.6) is 0 Å². The lowest BCUT2D eigenvalue weighted by Crippen LogP contribution is -2.58. The Morgan fingerprint density at radius 3 is 2.70 bits per heavy atom. The summed E-state index contributed by atoms with van der Waals surface area (Å²) in [5.41, 5.74) is 0. The van der Waals surface area contributed by atoms with Crippen LogP contribution < -0.4 is 5.32 Å². The van der Waals surface area contributed by atoms with E-state index in [-0.39, 0.29) is 30.4 Å². The standard InChI is InChI=1S/C13H22N4O3/c1-4-5-14-11(18)8-16-7-10-6-15(3)12(19)9(2)17(10)13(16)20/h9-10H,4-8H2,1-3H3,(H,14,18)/t9-,10+/m0/s1. The molecule has 2 fully saturated rings. The van der Waals surface area contributed by atoms with Gasteiger partial charge in [0.25, 0.3) is 0 Å². The molecular formula is C13H22N4O3. The third kappa shape index (κ3) is 2.57. The van der Waals surface area contributed by atoms with Crippen LogP contribution in [-0.2, 0) is 9.59 Å². The number of nitrogens with zero attached hydrogens (tertiary/aromatic N) is 3. The second kappa shape index (κ2) is 5.68. The Bertz CT molecular complexity index is 426. The fourth-order valence-corrected chi connectivity index (χ4v) is 2.84. The van der Waals surface area contributed by atoms with Gasteiger partial charge in [0.1, 0.15) is 12.6 Å². The molecule has 0 unspecified atom stereocenters. The summed E-state index contributed by atoms with van der Waals surface area (Å²) >= 11 is 0. The van der Waals surface area contributed by atoms with Crippen molar-refractivity contribution in [2.24, 2.45) is 0 Å². The van der Waals surface area contributed by atoms with E-state index in [0.717, 1.165) is 6.42 Å². The molecule has 0 aliphatic carbocycles. The summed E-state index contributed by atoms with van der Waals surface area (Å²) in [7, 11) is 1.75. The third-order valence-electron chi connectivity index (χ3n) is 3.86. The van der Waals surface area contributed by atoms with Crippen LogP contribution in [0.15, 0.2) is 0 Å². The lowest BCUT2D eigenvalue weighted by atomic mass is 10.1. The number of amides is 4. The summed E-state index contributed by atoms with van der Waals surface area (Å²) in [6, 6.07) is -0.676. The lowest BCUT2D eigenvalue weighted by molar-refractivity contribution is -0.139. The average Bonchev–Trinajstić information content (AvgIpc) is 2.70. The first-order valence-corrected chi connectivity index (χ1v) is 7.04. The van der Waals surface area contributed by atoms with Crippen molar-refractivity contribution in [1.82, 2.24) is 20.0 Å². The quantitative estimate of drug-likeness (QED) is 0.754. The van der Waals surface area contributed by atoms with Gasteiger partial charge in [-0.3, -0.25) is 9.59 Å². The maximum Gasteiger partial charge on any atom is 0.321 e. The van der Waals surface area contributed by atoms with Crippen molar-refractivity contribution in [3.05, 3.63) is 0 Å². The molecule has 2 heterocycles. The monoisotopic (exact) mass is 282 g/mol. The minimum absolute atomic E-state index is 0.0147. The predicted octanol–water partition coefficient (Wildman–Crippen LogP) is -0.521. The Labute approximate surface area is 118 Å². The van der Waals surface area contributed by atoms with Gasteiger partial charge in [-0.05, 0) is 13.3 Å². The van der Waals surface area contributed by atoms with E-state index in [4.69, 9.17) is 0 Å². The number of likely N-dealkylation sites (N-methyl/N-ethyl adjacent to an activating group) is 1. The minimum atomic E-state index is -0.449. The summed E-state index contributed by atoms with van der Waals surface area (Å²) in [6.45, 7) is 5.43. The first kappa shape index (κ1) is 14.6. The SMILES string of the molecule is CCCNC(=O)CN1C[C@H]2CN(C)C(=O)[C@H](C)N2C1=O. The highest BCUT2D eigenvalue weighted by Gasteiger charge is 2.47. The molecule has 4 amide bonds. The molecule has 0 radical (unpaired) electrons. The van der Waals surface area contributed by atoms with E-state index in [1.54, 1.807) is 23.8 Å². The van der Waals surface area contributed by atoms with Gasteiger partial charge in [0.2, 0.25) is 11.8 Å². The first-order chi connectivity index (χ1) is 9.45. The number of nitrogens with one attached hydrogen (secondary N) is 1. The number of hydrogen-bond donors (Lipinski definition) is 1. The highest BCUT2D eigenvalue weighted by atomic mass is 16.2. The van der Waals surface area contributed by atoms with Gasteiger partial charge in [0, 0.05) is 26.7 Å². The zero-order valence-corrected chi connectivity index (χ0v) is 12.3. The zero-order valence-electron chi connectivity index (χ0n) is 12.3. The largest absolute Gasteiger partial charge is 0.355 e.